The number of carbonyl (C=O) groups is 2. The molecule has 2 amide bonds. The molecule has 0 radical (unpaired) electrons. The minimum atomic E-state index is -2.39. The van der Waals surface area contributed by atoms with Crippen LogP contribution in [-0.2, 0) is 28.2 Å². The van der Waals surface area contributed by atoms with E-state index in [-0.39, 0.29) is 29.4 Å². The van der Waals surface area contributed by atoms with Gasteiger partial charge in [0.1, 0.15) is 17.5 Å². The quantitative estimate of drug-likeness (QED) is 0.130. The fourth-order valence-corrected chi connectivity index (χ4v) is 14.5. The summed E-state index contributed by atoms with van der Waals surface area (Å²) in [4.78, 5) is 33.0. The zero-order chi connectivity index (χ0) is 42.0. The van der Waals surface area contributed by atoms with Crippen LogP contribution in [0.4, 0.5) is 17.1 Å². The number of hydrogen-bond donors (Lipinski definition) is 1. The van der Waals surface area contributed by atoms with Crippen molar-refractivity contribution in [1.29, 1.82) is 0 Å². The summed E-state index contributed by atoms with van der Waals surface area (Å²) in [6.07, 6.45) is 1.20. The minimum absolute atomic E-state index is 0.0320. The van der Waals surface area contributed by atoms with Gasteiger partial charge in [-0.1, -0.05) is 127 Å². The summed E-state index contributed by atoms with van der Waals surface area (Å²) in [7, 11) is -0.718. The number of benzene rings is 6. The third kappa shape index (κ3) is 6.21. The summed E-state index contributed by atoms with van der Waals surface area (Å²) >= 11 is 0. The number of aliphatic hydroxyl groups is 1. The Balaban J connectivity index is 0.981. The predicted octanol–water partition coefficient (Wildman–Crippen LogP) is 8.67. The van der Waals surface area contributed by atoms with Gasteiger partial charge in [-0.2, -0.15) is 0 Å². The number of aromatic nitrogens is 3. The largest absolute Gasteiger partial charge is 0.497 e. The lowest BCUT2D eigenvalue weighted by atomic mass is 9.82. The van der Waals surface area contributed by atoms with Crippen molar-refractivity contribution in [2.45, 2.75) is 62.9 Å². The molecular formula is C50H47N5O5Si. The van der Waals surface area contributed by atoms with Crippen molar-refractivity contribution in [3.63, 3.8) is 0 Å². The Hall–Kier alpha value is -6.40. The SMILES string of the molecule is COc1ccc([Si](C)(C)[C@H]2[C@H](CCn3cc([C@H](O)c4ccccc4)nn3)O[C@@]3(C(=O)N(Cc4cccc(N5C(=O)c6cccc7cccc5c67)c4)c4ccccc43)[C@@H]2C)cc1. The molecule has 6 aromatic carbocycles. The zero-order valence-corrected chi connectivity index (χ0v) is 35.6. The van der Waals surface area contributed by atoms with Gasteiger partial charge in [-0.15, -0.1) is 5.10 Å². The maximum Gasteiger partial charge on any atom is 0.264 e. The molecule has 5 atom stereocenters. The van der Waals surface area contributed by atoms with Gasteiger partial charge in [-0.25, -0.2) is 0 Å². The van der Waals surface area contributed by atoms with Crippen LogP contribution in [0.25, 0.3) is 10.8 Å². The molecular weight excluding hydrogens is 779 g/mol. The average molecular weight is 826 g/mol. The second-order valence-corrected chi connectivity index (χ2v) is 21.8. The Morgan fingerprint density at radius 2 is 1.57 bits per heavy atom. The van der Waals surface area contributed by atoms with Crippen LogP contribution in [0.5, 0.6) is 5.75 Å². The first-order valence-electron chi connectivity index (χ1n) is 20.9. The third-order valence-electron chi connectivity index (χ3n) is 13.4. The van der Waals surface area contributed by atoms with E-state index in [0.717, 1.165) is 50.3 Å². The van der Waals surface area contributed by atoms with E-state index in [1.807, 2.05) is 126 Å². The molecule has 10 nitrogen and oxygen atoms in total. The molecule has 4 heterocycles. The average Bonchev–Trinajstić information content (AvgIpc) is 4.03. The van der Waals surface area contributed by atoms with Crippen LogP contribution in [0.2, 0.25) is 18.6 Å². The van der Waals surface area contributed by atoms with Crippen molar-refractivity contribution in [3.8, 4) is 5.75 Å². The molecule has 0 bridgehead atoms. The lowest BCUT2D eigenvalue weighted by Gasteiger charge is -2.37. The van der Waals surface area contributed by atoms with Crippen LogP contribution < -0.4 is 19.7 Å². The van der Waals surface area contributed by atoms with Crippen LogP contribution >= 0.6 is 0 Å². The molecule has 10 rings (SSSR count). The first-order valence-corrected chi connectivity index (χ1v) is 24.0. The van der Waals surface area contributed by atoms with E-state index in [4.69, 9.17) is 9.47 Å². The molecule has 11 heteroatoms. The van der Waals surface area contributed by atoms with E-state index < -0.39 is 19.8 Å². The number of methoxy groups -OCH3 is 1. The number of nitrogens with zero attached hydrogens (tertiary/aromatic N) is 5. The van der Waals surface area contributed by atoms with Crippen LogP contribution in [0, 0.1) is 5.92 Å². The van der Waals surface area contributed by atoms with E-state index in [2.05, 4.69) is 48.5 Å². The maximum atomic E-state index is 15.5. The first-order chi connectivity index (χ1) is 29.6. The molecule has 3 aliphatic heterocycles. The molecule has 0 aliphatic carbocycles. The number of aryl methyl sites for hydroxylation is 1. The first kappa shape index (κ1) is 38.8. The number of aliphatic hydroxyl groups excluding tert-OH is 1. The van der Waals surface area contributed by atoms with Crippen LogP contribution in [-0.4, -0.2) is 53.2 Å². The van der Waals surface area contributed by atoms with Crippen molar-refractivity contribution in [2.75, 3.05) is 16.9 Å². The molecule has 1 aromatic heterocycles. The Morgan fingerprint density at radius 3 is 2.36 bits per heavy atom. The summed E-state index contributed by atoms with van der Waals surface area (Å²) in [6, 6.07) is 45.7. The van der Waals surface area contributed by atoms with E-state index in [1.54, 1.807) is 22.9 Å². The molecule has 306 valence electrons. The van der Waals surface area contributed by atoms with E-state index in [0.29, 0.717) is 30.8 Å². The summed E-state index contributed by atoms with van der Waals surface area (Å²) in [5.41, 5.74) is 4.95. The van der Waals surface area contributed by atoms with Crippen LogP contribution in [0.3, 0.4) is 0 Å². The highest BCUT2D eigenvalue weighted by Gasteiger charge is 2.66. The molecule has 1 spiro atoms. The fourth-order valence-electron chi connectivity index (χ4n) is 10.5. The van der Waals surface area contributed by atoms with Gasteiger partial charge in [-0.05, 0) is 70.9 Å². The van der Waals surface area contributed by atoms with Gasteiger partial charge < -0.3 is 19.5 Å². The predicted molar refractivity (Wildman–Crippen MR) is 239 cm³/mol. The van der Waals surface area contributed by atoms with Crippen molar-refractivity contribution in [1.82, 2.24) is 15.0 Å². The Morgan fingerprint density at radius 1 is 0.852 bits per heavy atom. The van der Waals surface area contributed by atoms with Crippen molar-refractivity contribution in [3.05, 3.63) is 174 Å². The minimum Gasteiger partial charge on any atom is -0.497 e. The number of para-hydroxylation sites is 1. The molecule has 3 aliphatic rings. The second kappa shape index (κ2) is 14.9. The highest BCUT2D eigenvalue weighted by Crippen LogP contribution is 2.60. The molecule has 7 aromatic rings. The number of carbonyl (C=O) groups excluding carboxylic acids is 2. The topological polar surface area (TPSA) is 110 Å². The molecule has 61 heavy (non-hydrogen) atoms. The van der Waals surface area contributed by atoms with Gasteiger partial charge in [0, 0.05) is 29.1 Å². The van der Waals surface area contributed by atoms with Gasteiger partial charge in [-0.3, -0.25) is 19.2 Å². The summed E-state index contributed by atoms with van der Waals surface area (Å²) in [5.74, 6) is 0.474. The standard InChI is InChI=1S/C50H47N5O5Si/c1-32-47(61(3,4)38-25-23-37(59-2)24-26-38)44(27-28-53-31-41(51-52-53)46(56)35-14-6-5-7-15-35)60-50(32)40-20-8-9-21-42(40)54(49(50)58)30-33-13-10-18-36(29-33)55-43-22-12-17-34-16-11-19-39(45(34)43)48(55)57/h5-26,29,31-32,44,46-47,56H,27-28,30H2,1-4H3/t32-,44+,46-,47-,50+/m1/s1. The Labute approximate surface area is 356 Å². The van der Waals surface area contributed by atoms with Gasteiger partial charge in [0.2, 0.25) is 0 Å². The van der Waals surface area contributed by atoms with E-state index in [1.165, 1.54) is 5.19 Å². The summed E-state index contributed by atoms with van der Waals surface area (Å²) < 4.78 is 14.7. The van der Waals surface area contributed by atoms with Gasteiger partial charge >= 0.3 is 0 Å². The van der Waals surface area contributed by atoms with Crippen molar-refractivity contribution < 1.29 is 24.2 Å². The molecule has 0 saturated carbocycles. The van der Waals surface area contributed by atoms with E-state index >= 15 is 4.79 Å². The molecule has 1 N–H and O–H groups in total. The molecule has 1 saturated heterocycles. The fraction of sp³-hybridized carbons (Fsp3) is 0.240. The summed E-state index contributed by atoms with van der Waals surface area (Å²) in [6.45, 7) is 7.75. The summed E-state index contributed by atoms with van der Waals surface area (Å²) in [5, 5.41) is 23.1. The number of amides is 2. The number of ether oxygens (including phenoxy) is 2. The lowest BCUT2D eigenvalue weighted by molar-refractivity contribution is -0.146. The molecule has 1 fully saturated rings. The Kier molecular flexibility index (Phi) is 9.50. The highest BCUT2D eigenvalue weighted by molar-refractivity contribution is 6.91. The monoisotopic (exact) mass is 825 g/mol. The second-order valence-electron chi connectivity index (χ2n) is 17.1. The number of hydrogen-bond acceptors (Lipinski definition) is 7. The van der Waals surface area contributed by atoms with Gasteiger partial charge in [0.15, 0.2) is 5.60 Å². The van der Waals surface area contributed by atoms with Crippen molar-refractivity contribution in [2.24, 2.45) is 5.92 Å². The third-order valence-corrected chi connectivity index (χ3v) is 17.8. The maximum absolute atomic E-state index is 15.5. The highest BCUT2D eigenvalue weighted by atomic mass is 28.3. The van der Waals surface area contributed by atoms with E-state index in [9.17, 15) is 9.90 Å². The normalized spacial score (nSPS) is 21.2. The van der Waals surface area contributed by atoms with Crippen LogP contribution in [0.1, 0.15) is 52.2 Å². The number of fused-ring (bicyclic) bond motifs is 2. The molecule has 0 unspecified atom stereocenters. The van der Waals surface area contributed by atoms with Gasteiger partial charge in [0.25, 0.3) is 11.8 Å². The van der Waals surface area contributed by atoms with Crippen LogP contribution in [0.15, 0.2) is 146 Å². The lowest BCUT2D eigenvalue weighted by Crippen LogP contribution is -2.51. The number of anilines is 3. The Bertz CT molecular complexity index is 2800. The van der Waals surface area contributed by atoms with Crippen molar-refractivity contribution >= 4 is 52.9 Å². The smallest absolute Gasteiger partial charge is 0.264 e. The van der Waals surface area contributed by atoms with Gasteiger partial charge in [0.05, 0.1) is 51.0 Å². The zero-order valence-electron chi connectivity index (χ0n) is 34.6. The number of rotatable bonds is 11.